The van der Waals surface area contributed by atoms with Crippen molar-refractivity contribution < 1.29 is 9.18 Å². The molecular weight excluding hydrogens is 347 g/mol. The van der Waals surface area contributed by atoms with Crippen LogP contribution in [0, 0.1) is 12.7 Å². The number of benzene rings is 1. The SMILES string of the molecule is Cc1cccc(-c2ncc(C(=O)Nc3ccc(F)cc3Cl)c(=O)[nH]2)n1. The number of nitrogens with one attached hydrogen (secondary N) is 2. The molecule has 0 radical (unpaired) electrons. The molecule has 1 amide bonds. The Morgan fingerprint density at radius 3 is 2.76 bits per heavy atom. The number of rotatable bonds is 3. The summed E-state index contributed by atoms with van der Waals surface area (Å²) >= 11 is 5.86. The number of H-pyrrole nitrogens is 1. The molecule has 0 spiro atoms. The Kier molecular flexibility index (Phi) is 4.58. The van der Waals surface area contributed by atoms with Crippen LogP contribution in [0.15, 0.2) is 47.4 Å². The Hall–Kier alpha value is -3.06. The first-order chi connectivity index (χ1) is 11.9. The number of carbonyl (C=O) groups excluding carboxylic acids is 1. The van der Waals surface area contributed by atoms with Crippen LogP contribution in [-0.2, 0) is 0 Å². The molecule has 0 atom stereocenters. The maximum Gasteiger partial charge on any atom is 0.264 e. The Balaban J connectivity index is 1.88. The Bertz CT molecular complexity index is 1020. The van der Waals surface area contributed by atoms with Gasteiger partial charge in [-0.1, -0.05) is 17.7 Å². The van der Waals surface area contributed by atoms with Gasteiger partial charge in [-0.2, -0.15) is 0 Å². The normalized spacial score (nSPS) is 10.5. The van der Waals surface area contributed by atoms with Gasteiger partial charge in [0.1, 0.15) is 17.1 Å². The third-order valence-corrected chi connectivity index (χ3v) is 3.67. The Morgan fingerprint density at radius 1 is 1.28 bits per heavy atom. The van der Waals surface area contributed by atoms with Crippen LogP contribution >= 0.6 is 11.6 Å². The van der Waals surface area contributed by atoms with Crippen molar-refractivity contribution >= 4 is 23.2 Å². The maximum atomic E-state index is 13.0. The summed E-state index contributed by atoms with van der Waals surface area (Å²) < 4.78 is 13.0. The number of aromatic nitrogens is 3. The van der Waals surface area contributed by atoms with Crippen LogP contribution in [0.3, 0.4) is 0 Å². The fraction of sp³-hybridized carbons (Fsp3) is 0.0588. The fourth-order valence-electron chi connectivity index (χ4n) is 2.14. The number of aromatic amines is 1. The van der Waals surface area contributed by atoms with Gasteiger partial charge in [0.05, 0.1) is 10.7 Å². The lowest BCUT2D eigenvalue weighted by Crippen LogP contribution is -2.24. The van der Waals surface area contributed by atoms with Gasteiger partial charge in [0, 0.05) is 11.9 Å². The summed E-state index contributed by atoms with van der Waals surface area (Å²) in [5, 5.41) is 2.48. The predicted octanol–water partition coefficient (Wildman–Crippen LogP) is 3.19. The van der Waals surface area contributed by atoms with E-state index in [0.29, 0.717) is 5.69 Å². The molecule has 2 N–H and O–H groups in total. The lowest BCUT2D eigenvalue weighted by molar-refractivity contribution is 0.102. The molecule has 0 unspecified atom stereocenters. The molecule has 0 aliphatic rings. The van der Waals surface area contributed by atoms with Crippen molar-refractivity contribution in [2.45, 2.75) is 6.92 Å². The van der Waals surface area contributed by atoms with E-state index < -0.39 is 17.3 Å². The van der Waals surface area contributed by atoms with Crippen LogP contribution in [0.2, 0.25) is 5.02 Å². The number of halogens is 2. The van der Waals surface area contributed by atoms with Gasteiger partial charge in [0.15, 0.2) is 5.82 Å². The average molecular weight is 359 g/mol. The highest BCUT2D eigenvalue weighted by molar-refractivity contribution is 6.33. The number of pyridine rings is 1. The largest absolute Gasteiger partial charge is 0.320 e. The van der Waals surface area contributed by atoms with Gasteiger partial charge in [-0.3, -0.25) is 9.59 Å². The summed E-state index contributed by atoms with van der Waals surface area (Å²) in [4.78, 5) is 35.3. The van der Waals surface area contributed by atoms with Crippen molar-refractivity contribution in [2.75, 3.05) is 5.32 Å². The smallest absolute Gasteiger partial charge is 0.264 e. The van der Waals surface area contributed by atoms with Crippen LogP contribution in [-0.4, -0.2) is 20.9 Å². The van der Waals surface area contributed by atoms with Crippen LogP contribution in [0.1, 0.15) is 16.1 Å². The number of hydrogen-bond acceptors (Lipinski definition) is 4. The summed E-state index contributed by atoms with van der Waals surface area (Å²) in [5.41, 5.74) is 0.635. The lowest BCUT2D eigenvalue weighted by Gasteiger charge is -2.07. The number of anilines is 1. The lowest BCUT2D eigenvalue weighted by atomic mass is 10.2. The quantitative estimate of drug-likeness (QED) is 0.752. The average Bonchev–Trinajstić information content (AvgIpc) is 2.57. The minimum atomic E-state index is -0.703. The van der Waals surface area contributed by atoms with E-state index >= 15 is 0 Å². The number of hydrogen-bond donors (Lipinski definition) is 2. The molecule has 6 nitrogen and oxygen atoms in total. The standard InChI is InChI=1S/C17H12ClFN4O2/c1-9-3-2-4-14(21-9)15-20-8-11(17(25)23-15)16(24)22-13-6-5-10(19)7-12(13)18/h2-8H,1H3,(H,22,24)(H,20,23,25). The molecule has 0 saturated carbocycles. The van der Waals surface area contributed by atoms with E-state index in [2.05, 4.69) is 20.3 Å². The summed E-state index contributed by atoms with van der Waals surface area (Å²) in [6.07, 6.45) is 1.16. The van der Waals surface area contributed by atoms with Gasteiger partial charge < -0.3 is 10.3 Å². The molecular formula is C17H12ClFN4O2. The van der Waals surface area contributed by atoms with E-state index in [9.17, 15) is 14.0 Å². The highest BCUT2D eigenvalue weighted by Gasteiger charge is 2.15. The number of nitrogens with zero attached hydrogens (tertiary/aromatic N) is 2. The van der Waals surface area contributed by atoms with Gasteiger partial charge in [-0.25, -0.2) is 14.4 Å². The maximum absolute atomic E-state index is 13.0. The zero-order chi connectivity index (χ0) is 18.0. The highest BCUT2D eigenvalue weighted by atomic mass is 35.5. The monoisotopic (exact) mass is 358 g/mol. The van der Waals surface area contributed by atoms with Crippen molar-refractivity contribution in [1.29, 1.82) is 0 Å². The van der Waals surface area contributed by atoms with Crippen LogP contribution in [0.4, 0.5) is 10.1 Å². The topological polar surface area (TPSA) is 87.7 Å². The van der Waals surface area contributed by atoms with Gasteiger partial charge in [-0.05, 0) is 37.3 Å². The molecule has 3 aromatic rings. The van der Waals surface area contributed by atoms with Crippen molar-refractivity contribution in [3.05, 3.63) is 75.0 Å². The summed E-state index contributed by atoms with van der Waals surface area (Å²) in [5.74, 6) is -0.978. The molecule has 0 aliphatic heterocycles. The molecule has 0 bridgehead atoms. The molecule has 25 heavy (non-hydrogen) atoms. The number of carbonyl (C=O) groups is 1. The third-order valence-electron chi connectivity index (χ3n) is 3.35. The van der Waals surface area contributed by atoms with Gasteiger partial charge >= 0.3 is 0 Å². The van der Waals surface area contributed by atoms with Crippen molar-refractivity contribution in [2.24, 2.45) is 0 Å². The van der Waals surface area contributed by atoms with Gasteiger partial charge in [0.2, 0.25) is 0 Å². The molecule has 0 aliphatic carbocycles. The molecule has 8 heteroatoms. The second-order valence-electron chi connectivity index (χ2n) is 5.22. The molecule has 3 rings (SSSR count). The first kappa shape index (κ1) is 16.8. The second-order valence-corrected chi connectivity index (χ2v) is 5.62. The summed E-state index contributed by atoms with van der Waals surface area (Å²) in [7, 11) is 0. The minimum Gasteiger partial charge on any atom is -0.320 e. The van der Waals surface area contributed by atoms with E-state index in [4.69, 9.17) is 11.6 Å². The number of amides is 1. The summed E-state index contributed by atoms with van der Waals surface area (Å²) in [6.45, 7) is 1.82. The van der Waals surface area contributed by atoms with E-state index in [0.717, 1.165) is 24.0 Å². The summed E-state index contributed by atoms with van der Waals surface area (Å²) in [6, 6.07) is 8.82. The van der Waals surface area contributed by atoms with Gasteiger partial charge in [0.25, 0.3) is 11.5 Å². The first-order valence-corrected chi connectivity index (χ1v) is 7.61. The molecule has 0 fully saturated rings. The van der Waals surface area contributed by atoms with Crippen molar-refractivity contribution in [1.82, 2.24) is 15.0 Å². The van der Waals surface area contributed by atoms with Crippen LogP contribution < -0.4 is 10.9 Å². The first-order valence-electron chi connectivity index (χ1n) is 7.24. The van der Waals surface area contributed by atoms with E-state index in [1.54, 1.807) is 12.1 Å². The predicted molar refractivity (Wildman–Crippen MR) is 92.2 cm³/mol. The molecule has 2 heterocycles. The number of aryl methyl sites for hydroxylation is 1. The zero-order valence-corrected chi connectivity index (χ0v) is 13.8. The van der Waals surface area contributed by atoms with E-state index in [-0.39, 0.29) is 22.1 Å². The fourth-order valence-corrected chi connectivity index (χ4v) is 2.36. The molecule has 1 aromatic carbocycles. The Morgan fingerprint density at radius 2 is 2.08 bits per heavy atom. The van der Waals surface area contributed by atoms with Crippen molar-refractivity contribution in [3.63, 3.8) is 0 Å². The second kappa shape index (κ2) is 6.82. The van der Waals surface area contributed by atoms with E-state index in [1.165, 1.54) is 6.07 Å². The van der Waals surface area contributed by atoms with Gasteiger partial charge in [-0.15, -0.1) is 0 Å². The molecule has 0 saturated heterocycles. The van der Waals surface area contributed by atoms with Crippen LogP contribution in [0.25, 0.3) is 11.5 Å². The molecule has 126 valence electrons. The Labute approximate surface area is 146 Å². The van der Waals surface area contributed by atoms with Crippen LogP contribution in [0.5, 0.6) is 0 Å². The third kappa shape index (κ3) is 3.72. The molecule has 2 aromatic heterocycles. The zero-order valence-electron chi connectivity index (χ0n) is 13.0. The van der Waals surface area contributed by atoms with E-state index in [1.807, 2.05) is 13.0 Å². The minimum absolute atomic E-state index is 0.0262. The van der Waals surface area contributed by atoms with Crippen molar-refractivity contribution in [3.8, 4) is 11.5 Å². The highest BCUT2D eigenvalue weighted by Crippen LogP contribution is 2.22.